The molecule has 4 rings (SSSR count). The summed E-state index contributed by atoms with van der Waals surface area (Å²) in [5.41, 5.74) is 4.43. The molecule has 5 nitrogen and oxygen atoms in total. The standard InChI is InChI=1S/C25H21ClN4O/c26-23-12-5-4-10-20(23)17-30-18-21(25(29-30)19-8-2-1-3-9-19)13-14-24(31)28-16-22-11-6-7-15-27-22/h1-15,18H,16-17H2,(H,28,31)/b14-13+. The molecule has 1 N–H and O–H groups in total. The molecular formula is C25H21ClN4O. The summed E-state index contributed by atoms with van der Waals surface area (Å²) in [6, 6.07) is 23.2. The van der Waals surface area contributed by atoms with E-state index in [0.29, 0.717) is 18.1 Å². The second-order valence-corrected chi connectivity index (χ2v) is 7.37. The molecule has 2 aromatic heterocycles. The maximum atomic E-state index is 12.3. The van der Waals surface area contributed by atoms with Crippen LogP contribution in [0.1, 0.15) is 16.8 Å². The van der Waals surface area contributed by atoms with Crippen molar-refractivity contribution >= 4 is 23.6 Å². The van der Waals surface area contributed by atoms with E-state index in [1.165, 1.54) is 6.08 Å². The van der Waals surface area contributed by atoms with Gasteiger partial charge in [-0.15, -0.1) is 0 Å². The van der Waals surface area contributed by atoms with Gasteiger partial charge in [-0.1, -0.05) is 66.2 Å². The minimum Gasteiger partial charge on any atom is -0.347 e. The van der Waals surface area contributed by atoms with Crippen LogP contribution in [0.4, 0.5) is 0 Å². The number of halogens is 1. The van der Waals surface area contributed by atoms with Gasteiger partial charge in [0, 0.05) is 34.6 Å². The molecule has 0 unspecified atom stereocenters. The summed E-state index contributed by atoms with van der Waals surface area (Å²) >= 11 is 6.31. The van der Waals surface area contributed by atoms with Gasteiger partial charge < -0.3 is 5.32 Å². The Kier molecular flexibility index (Phi) is 6.55. The average molecular weight is 429 g/mol. The van der Waals surface area contributed by atoms with Crippen LogP contribution in [0.15, 0.2) is 91.3 Å². The van der Waals surface area contributed by atoms with Crippen molar-refractivity contribution in [3.8, 4) is 11.3 Å². The minimum atomic E-state index is -0.191. The molecule has 0 aliphatic carbocycles. The van der Waals surface area contributed by atoms with Crippen LogP contribution in [0.3, 0.4) is 0 Å². The van der Waals surface area contributed by atoms with E-state index in [-0.39, 0.29) is 5.91 Å². The van der Waals surface area contributed by atoms with Gasteiger partial charge in [-0.2, -0.15) is 5.10 Å². The van der Waals surface area contributed by atoms with Crippen molar-refractivity contribution in [2.45, 2.75) is 13.1 Å². The van der Waals surface area contributed by atoms with Crippen LogP contribution in [0.5, 0.6) is 0 Å². The topological polar surface area (TPSA) is 59.8 Å². The average Bonchev–Trinajstić information content (AvgIpc) is 3.22. The van der Waals surface area contributed by atoms with Gasteiger partial charge >= 0.3 is 0 Å². The maximum Gasteiger partial charge on any atom is 0.244 e. The number of carbonyl (C=O) groups excluding carboxylic acids is 1. The molecule has 6 heteroatoms. The summed E-state index contributed by atoms with van der Waals surface area (Å²) < 4.78 is 1.84. The van der Waals surface area contributed by atoms with Gasteiger partial charge in [0.15, 0.2) is 0 Å². The zero-order valence-electron chi connectivity index (χ0n) is 16.8. The van der Waals surface area contributed by atoms with Gasteiger partial charge in [0.1, 0.15) is 0 Å². The Bertz CT molecular complexity index is 1190. The first-order valence-electron chi connectivity index (χ1n) is 9.91. The summed E-state index contributed by atoms with van der Waals surface area (Å²) in [6.45, 7) is 0.917. The predicted octanol–water partition coefficient (Wildman–Crippen LogP) is 4.98. The van der Waals surface area contributed by atoms with E-state index < -0.39 is 0 Å². The SMILES string of the molecule is O=C(/C=C/c1cn(Cc2ccccc2Cl)nc1-c1ccccc1)NCc1ccccn1. The van der Waals surface area contributed by atoms with E-state index in [9.17, 15) is 4.79 Å². The first kappa shape index (κ1) is 20.6. The highest BCUT2D eigenvalue weighted by Gasteiger charge is 2.11. The Balaban J connectivity index is 1.55. The maximum absolute atomic E-state index is 12.3. The van der Waals surface area contributed by atoms with Crippen molar-refractivity contribution in [3.63, 3.8) is 0 Å². The predicted molar refractivity (Wildman–Crippen MR) is 123 cm³/mol. The molecule has 0 bridgehead atoms. The number of hydrogen-bond acceptors (Lipinski definition) is 3. The lowest BCUT2D eigenvalue weighted by atomic mass is 10.1. The van der Waals surface area contributed by atoms with Crippen molar-refractivity contribution in [2.75, 3.05) is 0 Å². The summed E-state index contributed by atoms with van der Waals surface area (Å²) in [5.74, 6) is -0.191. The fraction of sp³-hybridized carbons (Fsp3) is 0.0800. The number of rotatable bonds is 7. The van der Waals surface area contributed by atoms with Crippen molar-refractivity contribution in [2.24, 2.45) is 0 Å². The van der Waals surface area contributed by atoms with Crippen molar-refractivity contribution < 1.29 is 4.79 Å². The monoisotopic (exact) mass is 428 g/mol. The van der Waals surface area contributed by atoms with Crippen molar-refractivity contribution in [3.05, 3.63) is 113 Å². The Hall–Kier alpha value is -3.70. The highest BCUT2D eigenvalue weighted by Crippen LogP contribution is 2.24. The van der Waals surface area contributed by atoms with Crippen LogP contribution < -0.4 is 5.32 Å². The molecule has 4 aromatic rings. The van der Waals surface area contributed by atoms with E-state index in [0.717, 1.165) is 28.1 Å². The largest absolute Gasteiger partial charge is 0.347 e. The van der Waals surface area contributed by atoms with Crippen LogP contribution >= 0.6 is 11.6 Å². The van der Waals surface area contributed by atoms with E-state index >= 15 is 0 Å². The molecule has 2 aromatic carbocycles. The van der Waals surface area contributed by atoms with Gasteiger partial charge in [-0.3, -0.25) is 14.5 Å². The normalized spacial score (nSPS) is 11.0. The molecular weight excluding hydrogens is 408 g/mol. The number of benzene rings is 2. The highest BCUT2D eigenvalue weighted by molar-refractivity contribution is 6.31. The molecule has 31 heavy (non-hydrogen) atoms. The van der Waals surface area contributed by atoms with Crippen LogP contribution in [0.25, 0.3) is 17.3 Å². The van der Waals surface area contributed by atoms with Gasteiger partial charge in [0.2, 0.25) is 5.91 Å². The van der Waals surface area contributed by atoms with Crippen molar-refractivity contribution in [1.29, 1.82) is 0 Å². The number of carbonyl (C=O) groups is 1. The zero-order chi connectivity index (χ0) is 21.5. The number of nitrogens with zero attached hydrogens (tertiary/aromatic N) is 3. The smallest absolute Gasteiger partial charge is 0.244 e. The zero-order valence-corrected chi connectivity index (χ0v) is 17.5. The lowest BCUT2D eigenvalue weighted by molar-refractivity contribution is -0.116. The van der Waals surface area contributed by atoms with Gasteiger partial charge in [-0.05, 0) is 29.8 Å². The third-order valence-corrected chi connectivity index (χ3v) is 5.08. The third kappa shape index (κ3) is 5.47. The number of hydrogen-bond donors (Lipinski definition) is 1. The van der Waals surface area contributed by atoms with Crippen LogP contribution in [0, 0.1) is 0 Å². The Morgan fingerprint density at radius 1 is 1.00 bits per heavy atom. The second kappa shape index (κ2) is 9.87. The molecule has 2 heterocycles. The summed E-state index contributed by atoms with van der Waals surface area (Å²) in [5, 5.41) is 8.30. The van der Waals surface area contributed by atoms with Gasteiger partial charge in [0.05, 0.1) is 24.5 Å². The fourth-order valence-corrected chi connectivity index (χ4v) is 3.36. The molecule has 0 saturated carbocycles. The van der Waals surface area contributed by atoms with Crippen LogP contribution in [-0.4, -0.2) is 20.7 Å². The molecule has 0 aliphatic rings. The first-order chi connectivity index (χ1) is 15.2. The van der Waals surface area contributed by atoms with E-state index in [1.54, 1.807) is 12.3 Å². The molecule has 154 valence electrons. The number of aromatic nitrogens is 3. The second-order valence-electron chi connectivity index (χ2n) is 6.96. The molecule has 0 fully saturated rings. The third-order valence-electron chi connectivity index (χ3n) is 4.71. The summed E-state index contributed by atoms with van der Waals surface area (Å²) in [7, 11) is 0. The van der Waals surface area contributed by atoms with Gasteiger partial charge in [0.25, 0.3) is 0 Å². The molecule has 0 spiro atoms. The lowest BCUT2D eigenvalue weighted by Gasteiger charge is -2.04. The molecule has 0 saturated heterocycles. The Morgan fingerprint density at radius 2 is 1.77 bits per heavy atom. The Morgan fingerprint density at radius 3 is 2.55 bits per heavy atom. The molecule has 0 radical (unpaired) electrons. The Labute approximate surface area is 186 Å². The molecule has 1 amide bonds. The van der Waals surface area contributed by atoms with Crippen LogP contribution in [0.2, 0.25) is 5.02 Å². The van der Waals surface area contributed by atoms with Crippen LogP contribution in [-0.2, 0) is 17.9 Å². The quantitative estimate of drug-likeness (QED) is 0.422. The minimum absolute atomic E-state index is 0.191. The van der Waals surface area contributed by atoms with E-state index in [1.807, 2.05) is 83.7 Å². The summed E-state index contributed by atoms with van der Waals surface area (Å²) in [6.07, 6.45) is 6.93. The fourth-order valence-electron chi connectivity index (χ4n) is 3.17. The van der Waals surface area contributed by atoms with E-state index in [4.69, 9.17) is 16.7 Å². The number of nitrogens with one attached hydrogen (secondary N) is 1. The molecule has 0 aliphatic heterocycles. The number of amides is 1. The lowest BCUT2D eigenvalue weighted by Crippen LogP contribution is -2.20. The van der Waals surface area contributed by atoms with Gasteiger partial charge in [-0.25, -0.2) is 0 Å². The highest BCUT2D eigenvalue weighted by atomic mass is 35.5. The van der Waals surface area contributed by atoms with E-state index in [2.05, 4.69) is 10.3 Å². The number of pyridine rings is 1. The van der Waals surface area contributed by atoms with Crippen molar-refractivity contribution in [1.82, 2.24) is 20.1 Å². The first-order valence-corrected chi connectivity index (χ1v) is 10.3. The summed E-state index contributed by atoms with van der Waals surface area (Å²) in [4.78, 5) is 16.5. The molecule has 0 atom stereocenters.